The van der Waals surface area contributed by atoms with Gasteiger partial charge in [0.25, 0.3) is 0 Å². The first-order chi connectivity index (χ1) is 8.19. The summed E-state index contributed by atoms with van der Waals surface area (Å²) in [6.07, 6.45) is 3.65. The van der Waals surface area contributed by atoms with Crippen LogP contribution in [0.2, 0.25) is 0 Å². The van der Waals surface area contributed by atoms with Crippen molar-refractivity contribution in [1.29, 1.82) is 0 Å². The molecule has 90 valence electrons. The Morgan fingerprint density at radius 1 is 1.41 bits per heavy atom. The number of hydrogen-bond donors (Lipinski definition) is 1. The van der Waals surface area contributed by atoms with Gasteiger partial charge in [-0.1, -0.05) is 0 Å². The molecule has 0 radical (unpaired) electrons. The van der Waals surface area contributed by atoms with Gasteiger partial charge >= 0.3 is 0 Å². The zero-order valence-electron chi connectivity index (χ0n) is 9.92. The molecule has 0 spiro atoms. The van der Waals surface area contributed by atoms with E-state index < -0.39 is 0 Å². The van der Waals surface area contributed by atoms with Crippen LogP contribution in [0, 0.1) is 6.92 Å². The van der Waals surface area contributed by atoms with Crippen LogP contribution in [0.3, 0.4) is 0 Å². The van der Waals surface area contributed by atoms with Crippen LogP contribution >= 0.6 is 0 Å². The zero-order valence-corrected chi connectivity index (χ0v) is 9.92. The first-order valence-corrected chi connectivity index (χ1v) is 5.42. The quantitative estimate of drug-likeness (QED) is 0.855. The second kappa shape index (κ2) is 4.92. The predicted octanol–water partition coefficient (Wildman–Crippen LogP) is 1.09. The van der Waals surface area contributed by atoms with Crippen LogP contribution < -0.4 is 5.73 Å². The van der Waals surface area contributed by atoms with Gasteiger partial charge < -0.3 is 10.5 Å². The van der Waals surface area contributed by atoms with Crippen LogP contribution in [0.4, 0.5) is 5.82 Å². The van der Waals surface area contributed by atoms with Gasteiger partial charge in [-0.15, -0.1) is 0 Å². The largest absolute Gasteiger partial charge is 0.384 e. The van der Waals surface area contributed by atoms with Gasteiger partial charge in [0.2, 0.25) is 0 Å². The molecule has 6 heteroatoms. The lowest BCUT2D eigenvalue weighted by atomic mass is 10.4. The second-order valence-corrected chi connectivity index (χ2v) is 3.67. The second-order valence-electron chi connectivity index (χ2n) is 3.67. The fourth-order valence-corrected chi connectivity index (χ4v) is 1.42. The Kier molecular flexibility index (Phi) is 3.34. The molecule has 2 aromatic rings. The third-order valence-electron chi connectivity index (χ3n) is 2.16. The number of rotatable bonds is 4. The van der Waals surface area contributed by atoms with Gasteiger partial charge in [0.05, 0.1) is 6.20 Å². The van der Waals surface area contributed by atoms with Crippen molar-refractivity contribution in [3.05, 3.63) is 29.8 Å². The van der Waals surface area contributed by atoms with E-state index in [0.29, 0.717) is 30.7 Å². The molecule has 0 aliphatic rings. The molecule has 2 heterocycles. The van der Waals surface area contributed by atoms with E-state index in [-0.39, 0.29) is 0 Å². The minimum absolute atomic E-state index is 0.356. The topological polar surface area (TPSA) is 78.9 Å². The van der Waals surface area contributed by atoms with Gasteiger partial charge in [0, 0.05) is 18.9 Å². The van der Waals surface area contributed by atoms with Crippen molar-refractivity contribution in [3.63, 3.8) is 0 Å². The third kappa shape index (κ3) is 2.79. The van der Waals surface area contributed by atoms with Gasteiger partial charge in [-0.3, -0.25) is 0 Å². The van der Waals surface area contributed by atoms with E-state index in [1.54, 1.807) is 16.9 Å². The van der Waals surface area contributed by atoms with Gasteiger partial charge in [-0.05, 0) is 19.4 Å². The summed E-state index contributed by atoms with van der Waals surface area (Å²) in [5.41, 5.74) is 6.79. The molecule has 2 aromatic heterocycles. The first-order valence-electron chi connectivity index (χ1n) is 5.42. The maximum Gasteiger partial charge on any atom is 0.159 e. The standard InChI is InChI=1S/C11H15N5O/c1-3-17-7-10-14-9(12)4-11(15-10)16-6-8(2)5-13-16/h4-6H,3,7H2,1-2H3,(H2,12,14,15). The Morgan fingerprint density at radius 3 is 2.88 bits per heavy atom. The Labute approximate surface area is 99.4 Å². The average Bonchev–Trinajstić information content (AvgIpc) is 2.72. The molecule has 0 saturated carbocycles. The third-order valence-corrected chi connectivity index (χ3v) is 2.16. The van der Waals surface area contributed by atoms with Crippen molar-refractivity contribution in [2.45, 2.75) is 20.5 Å². The van der Waals surface area contributed by atoms with Crippen LogP contribution in [-0.2, 0) is 11.3 Å². The molecule has 0 fully saturated rings. The molecule has 0 unspecified atom stereocenters. The number of nitrogens with zero attached hydrogens (tertiary/aromatic N) is 4. The van der Waals surface area contributed by atoms with Gasteiger partial charge in [-0.25, -0.2) is 14.6 Å². The van der Waals surface area contributed by atoms with Crippen LogP contribution in [0.15, 0.2) is 18.5 Å². The van der Waals surface area contributed by atoms with Crippen molar-refractivity contribution < 1.29 is 4.74 Å². The molecule has 0 atom stereocenters. The van der Waals surface area contributed by atoms with E-state index in [4.69, 9.17) is 10.5 Å². The normalized spacial score (nSPS) is 10.7. The molecule has 0 aliphatic heterocycles. The Balaban J connectivity index is 2.31. The lowest BCUT2D eigenvalue weighted by molar-refractivity contribution is 0.128. The summed E-state index contributed by atoms with van der Waals surface area (Å²) < 4.78 is 6.93. The van der Waals surface area contributed by atoms with E-state index in [1.165, 1.54) is 0 Å². The number of nitrogen functional groups attached to an aromatic ring is 1. The number of nitrogens with two attached hydrogens (primary N) is 1. The number of aromatic nitrogens is 4. The summed E-state index contributed by atoms with van der Waals surface area (Å²) in [5, 5.41) is 4.18. The molecule has 0 saturated heterocycles. The van der Waals surface area contributed by atoms with E-state index in [1.807, 2.05) is 20.0 Å². The summed E-state index contributed by atoms with van der Waals surface area (Å²) in [5.74, 6) is 1.63. The number of hydrogen-bond acceptors (Lipinski definition) is 5. The van der Waals surface area contributed by atoms with E-state index in [0.717, 1.165) is 5.56 Å². The fraction of sp³-hybridized carbons (Fsp3) is 0.364. The first kappa shape index (κ1) is 11.5. The lowest BCUT2D eigenvalue weighted by Crippen LogP contribution is -2.07. The Bertz CT molecular complexity index is 508. The van der Waals surface area contributed by atoms with E-state index >= 15 is 0 Å². The molecule has 0 aliphatic carbocycles. The van der Waals surface area contributed by atoms with Crippen molar-refractivity contribution >= 4 is 5.82 Å². The van der Waals surface area contributed by atoms with E-state index in [2.05, 4.69) is 15.1 Å². The van der Waals surface area contributed by atoms with Gasteiger partial charge in [-0.2, -0.15) is 5.10 Å². The average molecular weight is 233 g/mol. The lowest BCUT2D eigenvalue weighted by Gasteiger charge is -2.05. The highest BCUT2D eigenvalue weighted by Crippen LogP contribution is 2.09. The highest BCUT2D eigenvalue weighted by molar-refractivity contribution is 5.37. The summed E-state index contributed by atoms with van der Waals surface area (Å²) in [7, 11) is 0. The van der Waals surface area contributed by atoms with Gasteiger partial charge in [0.15, 0.2) is 11.6 Å². The number of anilines is 1. The minimum atomic E-state index is 0.356. The summed E-state index contributed by atoms with van der Waals surface area (Å²) in [6.45, 7) is 4.86. The zero-order chi connectivity index (χ0) is 12.3. The Morgan fingerprint density at radius 2 is 2.24 bits per heavy atom. The molecule has 2 rings (SSSR count). The SMILES string of the molecule is CCOCc1nc(N)cc(-n2cc(C)cn2)n1. The van der Waals surface area contributed by atoms with Crippen LogP contribution in [0.5, 0.6) is 0 Å². The molecular formula is C11H15N5O. The molecule has 17 heavy (non-hydrogen) atoms. The maximum absolute atomic E-state index is 5.73. The van der Waals surface area contributed by atoms with Gasteiger partial charge in [0.1, 0.15) is 12.4 Å². The molecule has 0 bridgehead atoms. The molecule has 6 nitrogen and oxygen atoms in total. The van der Waals surface area contributed by atoms with Crippen molar-refractivity contribution in [1.82, 2.24) is 19.7 Å². The van der Waals surface area contributed by atoms with E-state index in [9.17, 15) is 0 Å². The van der Waals surface area contributed by atoms with Crippen molar-refractivity contribution in [3.8, 4) is 5.82 Å². The van der Waals surface area contributed by atoms with Crippen LogP contribution in [-0.4, -0.2) is 26.4 Å². The molecule has 2 N–H and O–H groups in total. The minimum Gasteiger partial charge on any atom is -0.384 e. The molecular weight excluding hydrogens is 218 g/mol. The summed E-state index contributed by atoms with van der Waals surface area (Å²) in [6, 6.07) is 1.68. The fourth-order valence-electron chi connectivity index (χ4n) is 1.42. The predicted molar refractivity (Wildman–Crippen MR) is 63.6 cm³/mol. The highest BCUT2D eigenvalue weighted by atomic mass is 16.5. The van der Waals surface area contributed by atoms with Crippen molar-refractivity contribution in [2.75, 3.05) is 12.3 Å². The summed E-state index contributed by atoms with van der Waals surface area (Å²) >= 11 is 0. The maximum atomic E-state index is 5.73. The highest BCUT2D eigenvalue weighted by Gasteiger charge is 2.05. The monoisotopic (exact) mass is 233 g/mol. The van der Waals surface area contributed by atoms with Crippen LogP contribution in [0.1, 0.15) is 18.3 Å². The number of aryl methyl sites for hydroxylation is 1. The smallest absolute Gasteiger partial charge is 0.159 e. The van der Waals surface area contributed by atoms with Crippen LogP contribution in [0.25, 0.3) is 5.82 Å². The molecule has 0 amide bonds. The molecule has 0 aromatic carbocycles. The Hall–Kier alpha value is -1.95. The van der Waals surface area contributed by atoms with Crippen molar-refractivity contribution in [2.24, 2.45) is 0 Å². The number of ether oxygens (including phenoxy) is 1. The summed E-state index contributed by atoms with van der Waals surface area (Å²) in [4.78, 5) is 8.44.